The minimum absolute atomic E-state index is 0.436. The van der Waals surface area contributed by atoms with Gasteiger partial charge in [0, 0.05) is 11.6 Å². The van der Waals surface area contributed by atoms with Crippen molar-refractivity contribution in [2.24, 2.45) is 0 Å². The van der Waals surface area contributed by atoms with Gasteiger partial charge in [-0.1, -0.05) is 12.1 Å². The van der Waals surface area contributed by atoms with E-state index in [-0.39, 0.29) is 0 Å². The van der Waals surface area contributed by atoms with Gasteiger partial charge in [-0.15, -0.1) is 0 Å². The molecular weight excluding hydrogens is 167 g/mol. The Labute approximate surface area is 75.0 Å². The van der Waals surface area contributed by atoms with Crippen LogP contribution in [0.3, 0.4) is 0 Å². The van der Waals surface area contributed by atoms with E-state index in [1.165, 1.54) is 6.33 Å². The molecule has 0 spiro atoms. The van der Waals surface area contributed by atoms with E-state index in [2.05, 4.69) is 9.97 Å². The van der Waals surface area contributed by atoms with E-state index in [0.717, 1.165) is 5.39 Å². The molecule has 2 rings (SSSR count). The first-order valence-corrected chi connectivity index (χ1v) is 3.83. The van der Waals surface area contributed by atoms with Crippen LogP contribution in [0.15, 0.2) is 30.7 Å². The third-order valence-electron chi connectivity index (χ3n) is 1.83. The lowest BCUT2D eigenvalue weighted by molar-refractivity contribution is 0.426. The fourth-order valence-electron chi connectivity index (χ4n) is 1.15. The molecule has 2 aromatic rings. The number of rotatable bonds is 1. The van der Waals surface area contributed by atoms with Crippen LogP contribution in [0.2, 0.25) is 0 Å². The van der Waals surface area contributed by atoms with E-state index in [1.807, 2.05) is 0 Å². The van der Waals surface area contributed by atoms with Gasteiger partial charge in [-0.25, -0.2) is 9.97 Å². The Bertz CT molecular complexity index is 433. The van der Waals surface area contributed by atoms with Crippen LogP contribution in [-0.4, -0.2) is 27.1 Å². The maximum absolute atomic E-state index is 8.90. The Morgan fingerprint density at radius 2 is 2.08 bits per heavy atom. The van der Waals surface area contributed by atoms with Crippen molar-refractivity contribution in [2.75, 3.05) is 0 Å². The number of aromatic nitrogens is 2. The molecule has 4 nitrogen and oxygen atoms in total. The summed E-state index contributed by atoms with van der Waals surface area (Å²) in [5.41, 5.74) is 1.15. The molecule has 64 valence electrons. The van der Waals surface area contributed by atoms with E-state index in [4.69, 9.17) is 10.0 Å². The highest BCUT2D eigenvalue weighted by Crippen LogP contribution is 2.06. The second-order valence-electron chi connectivity index (χ2n) is 2.71. The summed E-state index contributed by atoms with van der Waals surface area (Å²) in [7, 11) is -1.45. The Balaban J connectivity index is 2.62. The van der Waals surface area contributed by atoms with Gasteiger partial charge in [0.1, 0.15) is 6.33 Å². The van der Waals surface area contributed by atoms with Crippen LogP contribution in [-0.2, 0) is 0 Å². The standard InChI is InChI=1S/C8H7BN2O2/c12-9(13)7-2-1-6-4-10-5-11-8(6)3-7/h1-5,12-13H. The smallest absolute Gasteiger partial charge is 0.423 e. The average Bonchev–Trinajstić information content (AvgIpc) is 2.17. The summed E-state index contributed by atoms with van der Waals surface area (Å²) in [4.78, 5) is 7.84. The van der Waals surface area contributed by atoms with Crippen LogP contribution in [0, 0.1) is 0 Å². The molecule has 13 heavy (non-hydrogen) atoms. The zero-order valence-electron chi connectivity index (χ0n) is 6.75. The maximum Gasteiger partial charge on any atom is 0.488 e. The lowest BCUT2D eigenvalue weighted by Gasteiger charge is -2.00. The van der Waals surface area contributed by atoms with Gasteiger partial charge in [-0.05, 0) is 11.5 Å². The summed E-state index contributed by atoms with van der Waals surface area (Å²) in [5, 5.41) is 18.7. The van der Waals surface area contributed by atoms with E-state index in [0.29, 0.717) is 11.0 Å². The van der Waals surface area contributed by atoms with E-state index < -0.39 is 7.12 Å². The van der Waals surface area contributed by atoms with E-state index in [1.54, 1.807) is 24.4 Å². The molecule has 5 heteroatoms. The molecule has 0 amide bonds. The van der Waals surface area contributed by atoms with Crippen molar-refractivity contribution in [3.05, 3.63) is 30.7 Å². The summed E-state index contributed by atoms with van der Waals surface area (Å²) in [5.74, 6) is 0. The van der Waals surface area contributed by atoms with Crippen molar-refractivity contribution in [1.82, 2.24) is 9.97 Å². The van der Waals surface area contributed by atoms with Gasteiger partial charge < -0.3 is 10.0 Å². The van der Waals surface area contributed by atoms with Crippen molar-refractivity contribution in [3.63, 3.8) is 0 Å². The highest BCUT2D eigenvalue weighted by Gasteiger charge is 2.10. The zero-order valence-corrected chi connectivity index (χ0v) is 6.75. The molecule has 0 saturated heterocycles. The van der Waals surface area contributed by atoms with Crippen LogP contribution < -0.4 is 5.46 Å². The predicted octanol–water partition coefficient (Wildman–Crippen LogP) is -0.690. The Morgan fingerprint density at radius 3 is 2.85 bits per heavy atom. The van der Waals surface area contributed by atoms with Crippen molar-refractivity contribution in [3.8, 4) is 0 Å². The summed E-state index contributed by atoms with van der Waals surface area (Å²) in [6, 6.07) is 5.02. The Kier molecular flexibility index (Phi) is 1.96. The number of nitrogens with zero attached hydrogens (tertiary/aromatic N) is 2. The molecule has 0 fully saturated rings. The molecule has 0 bridgehead atoms. The number of fused-ring (bicyclic) bond motifs is 1. The molecule has 0 unspecified atom stereocenters. The highest BCUT2D eigenvalue weighted by molar-refractivity contribution is 6.58. The van der Waals surface area contributed by atoms with Crippen molar-refractivity contribution < 1.29 is 10.0 Å². The first-order chi connectivity index (χ1) is 6.27. The van der Waals surface area contributed by atoms with Gasteiger partial charge in [0.2, 0.25) is 0 Å². The first kappa shape index (κ1) is 8.16. The second-order valence-corrected chi connectivity index (χ2v) is 2.71. The molecule has 0 atom stereocenters. The normalized spacial score (nSPS) is 10.3. The van der Waals surface area contributed by atoms with Crippen molar-refractivity contribution >= 4 is 23.5 Å². The van der Waals surface area contributed by atoms with Crippen LogP contribution in [0.25, 0.3) is 10.9 Å². The molecule has 0 aliphatic heterocycles. The van der Waals surface area contributed by atoms with Gasteiger partial charge in [-0.2, -0.15) is 0 Å². The Morgan fingerprint density at radius 1 is 1.23 bits per heavy atom. The van der Waals surface area contributed by atoms with Crippen LogP contribution in [0.5, 0.6) is 0 Å². The van der Waals surface area contributed by atoms with Gasteiger partial charge in [0.15, 0.2) is 0 Å². The largest absolute Gasteiger partial charge is 0.488 e. The first-order valence-electron chi connectivity index (χ1n) is 3.83. The lowest BCUT2D eigenvalue weighted by Crippen LogP contribution is -2.29. The third kappa shape index (κ3) is 1.51. The van der Waals surface area contributed by atoms with Crippen molar-refractivity contribution in [1.29, 1.82) is 0 Å². The minimum Gasteiger partial charge on any atom is -0.423 e. The fourth-order valence-corrected chi connectivity index (χ4v) is 1.15. The molecule has 0 aliphatic carbocycles. The van der Waals surface area contributed by atoms with Crippen LogP contribution >= 0.6 is 0 Å². The van der Waals surface area contributed by atoms with Gasteiger partial charge >= 0.3 is 7.12 Å². The van der Waals surface area contributed by atoms with Crippen LogP contribution in [0.1, 0.15) is 0 Å². The molecule has 2 N–H and O–H groups in total. The molecule has 0 saturated carbocycles. The van der Waals surface area contributed by atoms with Crippen LogP contribution in [0.4, 0.5) is 0 Å². The quantitative estimate of drug-likeness (QED) is 0.561. The number of hydrogen-bond donors (Lipinski definition) is 2. The fraction of sp³-hybridized carbons (Fsp3) is 0. The summed E-state index contributed by atoms with van der Waals surface area (Å²) in [6.07, 6.45) is 3.10. The highest BCUT2D eigenvalue weighted by atomic mass is 16.4. The molecule has 1 heterocycles. The summed E-state index contributed by atoms with van der Waals surface area (Å²) < 4.78 is 0. The minimum atomic E-state index is -1.45. The van der Waals surface area contributed by atoms with E-state index in [9.17, 15) is 0 Å². The summed E-state index contributed by atoms with van der Waals surface area (Å²) >= 11 is 0. The number of benzene rings is 1. The molecular formula is C8H7BN2O2. The zero-order chi connectivity index (χ0) is 9.26. The molecule has 0 aliphatic rings. The monoisotopic (exact) mass is 174 g/mol. The topological polar surface area (TPSA) is 66.2 Å². The van der Waals surface area contributed by atoms with Gasteiger partial charge in [0.25, 0.3) is 0 Å². The predicted molar refractivity (Wildman–Crippen MR) is 49.4 cm³/mol. The molecule has 1 aromatic heterocycles. The Hall–Kier alpha value is -1.46. The van der Waals surface area contributed by atoms with Gasteiger partial charge in [0.05, 0.1) is 5.52 Å². The lowest BCUT2D eigenvalue weighted by atomic mass is 9.80. The average molecular weight is 174 g/mol. The molecule has 1 aromatic carbocycles. The third-order valence-corrected chi connectivity index (χ3v) is 1.83. The maximum atomic E-state index is 8.90. The second kappa shape index (κ2) is 3.12. The summed E-state index contributed by atoms with van der Waals surface area (Å²) in [6.45, 7) is 0. The molecule has 0 radical (unpaired) electrons. The van der Waals surface area contributed by atoms with E-state index >= 15 is 0 Å². The number of hydrogen-bond acceptors (Lipinski definition) is 4. The van der Waals surface area contributed by atoms with Gasteiger partial charge in [-0.3, -0.25) is 0 Å². The van der Waals surface area contributed by atoms with Crippen molar-refractivity contribution in [2.45, 2.75) is 0 Å². The SMILES string of the molecule is OB(O)c1ccc2cncnc2c1.